The Morgan fingerprint density at radius 2 is 1.79 bits per heavy atom. The van der Waals surface area contributed by atoms with Gasteiger partial charge in [-0.05, 0) is 52.5 Å². The van der Waals surface area contributed by atoms with Gasteiger partial charge in [0.25, 0.3) is 0 Å². The van der Waals surface area contributed by atoms with Crippen LogP contribution in [0.1, 0.15) is 43.8 Å². The largest absolute Gasteiger partial charge is 0.348 e. The van der Waals surface area contributed by atoms with Gasteiger partial charge in [-0.1, -0.05) is 52.7 Å². The molecule has 1 aliphatic carbocycles. The first-order valence-electron chi connectivity index (χ1n) is 9.94. The van der Waals surface area contributed by atoms with Gasteiger partial charge in [0, 0.05) is 21.8 Å². The van der Waals surface area contributed by atoms with Crippen molar-refractivity contribution in [1.29, 1.82) is 0 Å². The molecular weight excluding hydrogens is 500 g/mol. The van der Waals surface area contributed by atoms with Crippen LogP contribution in [0.2, 0.25) is 0 Å². The quantitative estimate of drug-likeness (QED) is 0.507. The summed E-state index contributed by atoms with van der Waals surface area (Å²) in [5.74, 6) is -0.526. The highest BCUT2D eigenvalue weighted by atomic mass is 79.9. The molecule has 0 unspecified atom stereocenters. The molecule has 5 nitrogen and oxygen atoms in total. The molecule has 4 rings (SSSR count). The van der Waals surface area contributed by atoms with E-state index in [2.05, 4.69) is 42.5 Å². The number of urea groups is 1. The van der Waals surface area contributed by atoms with Crippen LogP contribution < -0.4 is 10.6 Å². The molecule has 29 heavy (non-hydrogen) atoms. The third-order valence-electron chi connectivity index (χ3n) is 5.47. The summed E-state index contributed by atoms with van der Waals surface area (Å²) in [6.45, 7) is 0.425. The highest BCUT2D eigenvalue weighted by molar-refractivity contribution is 9.11. The monoisotopic (exact) mass is 522 g/mol. The lowest BCUT2D eigenvalue weighted by atomic mass is 9.91. The van der Waals surface area contributed by atoms with E-state index in [9.17, 15) is 4.79 Å². The van der Waals surface area contributed by atoms with E-state index in [1.54, 1.807) is 0 Å². The predicted octanol–water partition coefficient (Wildman–Crippen LogP) is 6.15. The summed E-state index contributed by atoms with van der Waals surface area (Å²) in [4.78, 5) is 12.7. The maximum atomic E-state index is 12.7. The van der Waals surface area contributed by atoms with Gasteiger partial charge in [-0.15, -0.1) is 0 Å². The van der Waals surface area contributed by atoms with Gasteiger partial charge < -0.3 is 20.1 Å². The lowest BCUT2D eigenvalue weighted by Gasteiger charge is -2.46. The zero-order chi connectivity index (χ0) is 20.3. The molecule has 2 aromatic carbocycles. The van der Waals surface area contributed by atoms with Crippen LogP contribution in [-0.2, 0) is 9.47 Å². The molecule has 2 fully saturated rings. The standard InChI is InChI=1S/C22H24Br2N2O3/c23-16-9-10-18(17(24)13-16)25-21(27)26-19-14-28-22(11-5-2-6-12-22)29-20(19)15-7-3-1-4-8-15/h1,3-4,7-10,13,19-20H,2,5-6,11-12,14H2,(H2,25,26,27)/t19-,20-/m0/s1. The van der Waals surface area contributed by atoms with Crippen molar-refractivity contribution in [2.45, 2.75) is 50.0 Å². The number of benzene rings is 2. The van der Waals surface area contributed by atoms with Gasteiger partial charge in [0.2, 0.25) is 0 Å². The lowest BCUT2D eigenvalue weighted by molar-refractivity contribution is -0.314. The second-order valence-corrected chi connectivity index (χ2v) is 9.33. The fourth-order valence-electron chi connectivity index (χ4n) is 4.01. The van der Waals surface area contributed by atoms with Gasteiger partial charge in [-0.2, -0.15) is 0 Å². The maximum absolute atomic E-state index is 12.7. The van der Waals surface area contributed by atoms with Crippen molar-refractivity contribution >= 4 is 43.6 Å². The van der Waals surface area contributed by atoms with E-state index in [-0.39, 0.29) is 18.2 Å². The van der Waals surface area contributed by atoms with Crippen LogP contribution in [0.4, 0.5) is 10.5 Å². The molecule has 2 atom stereocenters. The number of hydrogen-bond acceptors (Lipinski definition) is 3. The Balaban J connectivity index is 1.49. The van der Waals surface area contributed by atoms with Crippen molar-refractivity contribution in [2.75, 3.05) is 11.9 Å². The number of rotatable bonds is 3. The molecule has 1 spiro atoms. The average molecular weight is 524 g/mol. The summed E-state index contributed by atoms with van der Waals surface area (Å²) >= 11 is 6.89. The van der Waals surface area contributed by atoms with E-state index in [4.69, 9.17) is 9.47 Å². The third kappa shape index (κ3) is 5.02. The first-order chi connectivity index (χ1) is 14.0. The molecule has 0 aromatic heterocycles. The zero-order valence-corrected chi connectivity index (χ0v) is 19.2. The number of hydrogen-bond donors (Lipinski definition) is 2. The highest BCUT2D eigenvalue weighted by Gasteiger charge is 2.44. The summed E-state index contributed by atoms with van der Waals surface area (Å²) in [6.07, 6.45) is 5.00. The zero-order valence-electron chi connectivity index (χ0n) is 16.0. The van der Waals surface area contributed by atoms with Gasteiger partial charge in [-0.3, -0.25) is 0 Å². The number of amides is 2. The van der Waals surface area contributed by atoms with E-state index >= 15 is 0 Å². The lowest BCUT2D eigenvalue weighted by Crippen LogP contribution is -2.55. The number of halogens is 2. The van der Waals surface area contributed by atoms with E-state index in [0.717, 1.165) is 40.2 Å². The Morgan fingerprint density at radius 1 is 1.03 bits per heavy atom. The summed E-state index contributed by atoms with van der Waals surface area (Å²) in [6, 6.07) is 15.1. The van der Waals surface area contributed by atoms with Crippen molar-refractivity contribution in [3.63, 3.8) is 0 Å². The number of carbonyl (C=O) groups excluding carboxylic acids is 1. The predicted molar refractivity (Wildman–Crippen MR) is 120 cm³/mol. The molecule has 2 aliphatic rings. The average Bonchev–Trinajstić information content (AvgIpc) is 2.73. The number of ether oxygens (including phenoxy) is 2. The maximum Gasteiger partial charge on any atom is 0.319 e. The topological polar surface area (TPSA) is 59.6 Å². The first-order valence-corrected chi connectivity index (χ1v) is 11.5. The fraction of sp³-hybridized carbons (Fsp3) is 0.409. The molecule has 1 aliphatic heterocycles. The summed E-state index contributed by atoms with van der Waals surface area (Å²) in [5.41, 5.74) is 1.75. The summed E-state index contributed by atoms with van der Waals surface area (Å²) < 4.78 is 14.4. The van der Waals surface area contributed by atoms with Crippen LogP contribution in [0.15, 0.2) is 57.5 Å². The Bertz CT molecular complexity index is 856. The fourth-order valence-corrected chi connectivity index (χ4v) is 5.15. The van der Waals surface area contributed by atoms with E-state index < -0.39 is 5.79 Å². The highest BCUT2D eigenvalue weighted by Crippen LogP contribution is 2.41. The van der Waals surface area contributed by atoms with Crippen molar-refractivity contribution in [2.24, 2.45) is 0 Å². The van der Waals surface area contributed by atoms with Crippen LogP contribution in [0.3, 0.4) is 0 Å². The Hall–Kier alpha value is -1.41. The molecule has 2 aromatic rings. The molecular formula is C22H24Br2N2O3. The molecule has 0 bridgehead atoms. The van der Waals surface area contributed by atoms with E-state index in [1.807, 2.05) is 48.5 Å². The minimum absolute atomic E-state index is 0.248. The van der Waals surface area contributed by atoms with Gasteiger partial charge in [-0.25, -0.2) is 4.79 Å². The molecule has 2 amide bonds. The molecule has 1 saturated carbocycles. The normalized spacial score (nSPS) is 23.5. The molecule has 1 heterocycles. The van der Waals surface area contributed by atoms with E-state index in [0.29, 0.717) is 12.3 Å². The molecule has 2 N–H and O–H groups in total. The van der Waals surface area contributed by atoms with Crippen LogP contribution in [0.5, 0.6) is 0 Å². The number of carbonyl (C=O) groups is 1. The van der Waals surface area contributed by atoms with Crippen LogP contribution in [0, 0.1) is 0 Å². The van der Waals surface area contributed by atoms with Crippen LogP contribution in [0.25, 0.3) is 0 Å². The molecule has 1 saturated heterocycles. The SMILES string of the molecule is O=C(Nc1ccc(Br)cc1Br)N[C@H]1COC2(CCCCC2)O[C@H]1c1ccccc1. The Morgan fingerprint density at radius 3 is 2.52 bits per heavy atom. The van der Waals surface area contributed by atoms with Gasteiger partial charge in [0.05, 0.1) is 18.3 Å². The van der Waals surface area contributed by atoms with Gasteiger partial charge >= 0.3 is 6.03 Å². The molecule has 0 radical (unpaired) electrons. The summed E-state index contributed by atoms with van der Waals surface area (Å²) in [5, 5.41) is 5.95. The molecule has 7 heteroatoms. The Labute approximate surface area is 187 Å². The van der Waals surface area contributed by atoms with Crippen LogP contribution >= 0.6 is 31.9 Å². The second-order valence-electron chi connectivity index (χ2n) is 7.56. The first kappa shape index (κ1) is 20.8. The minimum Gasteiger partial charge on any atom is -0.348 e. The third-order valence-corrected chi connectivity index (χ3v) is 6.62. The number of anilines is 1. The van der Waals surface area contributed by atoms with Crippen molar-refractivity contribution in [3.8, 4) is 0 Å². The van der Waals surface area contributed by atoms with Crippen LogP contribution in [-0.4, -0.2) is 24.5 Å². The number of nitrogens with one attached hydrogen (secondary N) is 2. The summed E-state index contributed by atoms with van der Waals surface area (Å²) in [7, 11) is 0. The Kier molecular flexibility index (Phi) is 6.59. The second kappa shape index (κ2) is 9.16. The minimum atomic E-state index is -0.526. The van der Waals surface area contributed by atoms with Gasteiger partial charge in [0.15, 0.2) is 5.79 Å². The van der Waals surface area contributed by atoms with E-state index in [1.165, 1.54) is 6.42 Å². The smallest absolute Gasteiger partial charge is 0.319 e. The molecule has 154 valence electrons. The van der Waals surface area contributed by atoms with Gasteiger partial charge in [0.1, 0.15) is 6.10 Å². The van der Waals surface area contributed by atoms with Crippen molar-refractivity contribution in [1.82, 2.24) is 5.32 Å². The van der Waals surface area contributed by atoms with Crippen molar-refractivity contribution in [3.05, 3.63) is 63.0 Å². The van der Waals surface area contributed by atoms with Crippen molar-refractivity contribution < 1.29 is 14.3 Å².